The lowest BCUT2D eigenvalue weighted by Crippen LogP contribution is -2.45. The van der Waals surface area contributed by atoms with Gasteiger partial charge in [0.05, 0.1) is 23.0 Å². The summed E-state index contributed by atoms with van der Waals surface area (Å²) in [5.41, 5.74) is 4.02. The van der Waals surface area contributed by atoms with Crippen molar-refractivity contribution in [3.63, 3.8) is 0 Å². The largest absolute Gasteiger partial charge is 0.389 e. The number of oxime groups is 1. The third-order valence-corrected chi connectivity index (χ3v) is 6.79. The predicted molar refractivity (Wildman–Crippen MR) is 113 cm³/mol. The van der Waals surface area contributed by atoms with E-state index < -0.39 is 0 Å². The molecule has 5 rings (SSSR count). The van der Waals surface area contributed by atoms with E-state index in [1.807, 2.05) is 17.1 Å². The van der Waals surface area contributed by atoms with Crippen molar-refractivity contribution in [3.8, 4) is 0 Å². The SMILES string of the molecule is CCn1ncc2c(NC3CCCCC3)c(C3=NOC4(C3)CC(COC)C4)cnc21. The Labute approximate surface area is 171 Å². The molecule has 0 amide bonds. The monoisotopic (exact) mass is 397 g/mol. The molecule has 2 aliphatic carbocycles. The Balaban J connectivity index is 1.44. The van der Waals surface area contributed by atoms with Crippen LogP contribution < -0.4 is 5.32 Å². The van der Waals surface area contributed by atoms with Crippen molar-refractivity contribution in [2.45, 2.75) is 76.5 Å². The molecule has 3 heterocycles. The average Bonchev–Trinajstić information content (AvgIpc) is 3.34. The minimum absolute atomic E-state index is 0.136. The second-order valence-corrected chi connectivity index (χ2v) is 8.94. The van der Waals surface area contributed by atoms with Gasteiger partial charge in [0.1, 0.15) is 5.60 Å². The third kappa shape index (κ3) is 3.39. The lowest BCUT2D eigenvalue weighted by Gasteiger charge is -2.42. The number of nitrogens with one attached hydrogen (secondary N) is 1. The molecule has 156 valence electrons. The van der Waals surface area contributed by atoms with E-state index in [2.05, 4.69) is 22.5 Å². The number of pyridine rings is 1. The van der Waals surface area contributed by atoms with Crippen LogP contribution in [0.25, 0.3) is 11.0 Å². The van der Waals surface area contributed by atoms with E-state index in [0.717, 1.165) is 60.4 Å². The fourth-order valence-corrected chi connectivity index (χ4v) is 5.31. The highest BCUT2D eigenvalue weighted by molar-refractivity contribution is 6.10. The van der Waals surface area contributed by atoms with Crippen molar-refractivity contribution in [1.82, 2.24) is 14.8 Å². The molecule has 7 nitrogen and oxygen atoms in total. The van der Waals surface area contributed by atoms with Crippen LogP contribution >= 0.6 is 0 Å². The first-order chi connectivity index (χ1) is 14.2. The van der Waals surface area contributed by atoms with Crippen LogP contribution in [0.15, 0.2) is 17.5 Å². The minimum Gasteiger partial charge on any atom is -0.389 e. The maximum atomic E-state index is 5.96. The zero-order valence-electron chi connectivity index (χ0n) is 17.5. The number of ether oxygens (including phenoxy) is 1. The van der Waals surface area contributed by atoms with Gasteiger partial charge in [-0.3, -0.25) is 0 Å². The molecule has 0 saturated heterocycles. The number of fused-ring (bicyclic) bond motifs is 1. The molecule has 0 aromatic carbocycles. The standard InChI is InChI=1S/C22H31N5O2/c1-3-27-21-18(13-24-27)20(25-16-7-5-4-6-8-16)17(12-23-21)19-11-22(29-26-19)9-15(10-22)14-28-2/h12-13,15-16H,3-11,14H2,1-2H3,(H,23,25). The van der Waals surface area contributed by atoms with Crippen molar-refractivity contribution in [2.75, 3.05) is 19.0 Å². The van der Waals surface area contributed by atoms with Gasteiger partial charge >= 0.3 is 0 Å². The van der Waals surface area contributed by atoms with Gasteiger partial charge in [0.25, 0.3) is 0 Å². The molecule has 3 aliphatic rings. The highest BCUT2D eigenvalue weighted by Gasteiger charge is 2.51. The average molecular weight is 398 g/mol. The van der Waals surface area contributed by atoms with Crippen LogP contribution in [-0.4, -0.2) is 45.8 Å². The van der Waals surface area contributed by atoms with Gasteiger partial charge in [0.15, 0.2) is 5.65 Å². The van der Waals surface area contributed by atoms with Crippen LogP contribution in [0.4, 0.5) is 5.69 Å². The predicted octanol–water partition coefficient (Wildman–Crippen LogP) is 4.12. The molecule has 2 saturated carbocycles. The Morgan fingerprint density at radius 2 is 2.07 bits per heavy atom. The lowest BCUT2D eigenvalue weighted by molar-refractivity contribution is -0.120. The zero-order chi connectivity index (χ0) is 19.8. The summed E-state index contributed by atoms with van der Waals surface area (Å²) in [4.78, 5) is 10.7. The van der Waals surface area contributed by atoms with E-state index >= 15 is 0 Å². The molecule has 1 N–H and O–H groups in total. The van der Waals surface area contributed by atoms with Crippen molar-refractivity contribution in [2.24, 2.45) is 11.1 Å². The number of anilines is 1. The maximum Gasteiger partial charge on any atom is 0.159 e. The van der Waals surface area contributed by atoms with Gasteiger partial charge in [-0.2, -0.15) is 5.10 Å². The van der Waals surface area contributed by atoms with Gasteiger partial charge in [0.2, 0.25) is 0 Å². The Hall–Kier alpha value is -2.15. The first kappa shape index (κ1) is 18.9. The van der Waals surface area contributed by atoms with Crippen molar-refractivity contribution in [1.29, 1.82) is 0 Å². The number of hydrogen-bond acceptors (Lipinski definition) is 6. The minimum atomic E-state index is -0.136. The first-order valence-corrected chi connectivity index (χ1v) is 11.1. The zero-order valence-corrected chi connectivity index (χ0v) is 17.5. The van der Waals surface area contributed by atoms with Crippen molar-refractivity contribution in [3.05, 3.63) is 18.0 Å². The molecule has 2 aromatic heterocycles. The molecular formula is C22H31N5O2. The normalized spacial score (nSPS) is 27.1. The summed E-state index contributed by atoms with van der Waals surface area (Å²) in [5, 5.41) is 14.0. The highest BCUT2D eigenvalue weighted by atomic mass is 16.7. The van der Waals surface area contributed by atoms with Gasteiger partial charge < -0.3 is 14.9 Å². The Morgan fingerprint density at radius 3 is 2.83 bits per heavy atom. The van der Waals surface area contributed by atoms with E-state index in [-0.39, 0.29) is 5.60 Å². The lowest BCUT2D eigenvalue weighted by atomic mass is 9.68. The molecule has 7 heteroatoms. The fourth-order valence-electron chi connectivity index (χ4n) is 5.31. The molecule has 2 aromatic rings. The molecule has 1 aliphatic heterocycles. The Kier molecular flexibility index (Phi) is 4.94. The number of methoxy groups -OCH3 is 1. The number of nitrogens with zero attached hydrogens (tertiary/aromatic N) is 4. The summed E-state index contributed by atoms with van der Waals surface area (Å²) in [7, 11) is 1.77. The number of aryl methyl sites for hydroxylation is 1. The number of rotatable bonds is 6. The second kappa shape index (κ2) is 7.59. The van der Waals surface area contributed by atoms with Crippen LogP contribution in [0.2, 0.25) is 0 Å². The van der Waals surface area contributed by atoms with Crippen LogP contribution in [0.5, 0.6) is 0 Å². The van der Waals surface area contributed by atoms with Crippen LogP contribution in [0, 0.1) is 5.92 Å². The van der Waals surface area contributed by atoms with Gasteiger partial charge in [-0.25, -0.2) is 9.67 Å². The number of hydrogen-bond donors (Lipinski definition) is 1. The summed E-state index contributed by atoms with van der Waals surface area (Å²) in [6, 6.07) is 0.504. The summed E-state index contributed by atoms with van der Waals surface area (Å²) < 4.78 is 7.26. The van der Waals surface area contributed by atoms with Gasteiger partial charge in [-0.1, -0.05) is 24.4 Å². The van der Waals surface area contributed by atoms with Gasteiger partial charge in [-0.15, -0.1) is 0 Å². The van der Waals surface area contributed by atoms with E-state index in [9.17, 15) is 0 Å². The molecule has 2 fully saturated rings. The van der Waals surface area contributed by atoms with Crippen LogP contribution in [-0.2, 0) is 16.1 Å². The molecule has 0 radical (unpaired) electrons. The molecule has 1 spiro atoms. The summed E-state index contributed by atoms with van der Waals surface area (Å²) in [6.45, 7) is 3.72. The van der Waals surface area contributed by atoms with Crippen molar-refractivity contribution < 1.29 is 9.57 Å². The number of aromatic nitrogens is 3. The maximum absolute atomic E-state index is 5.96. The summed E-state index contributed by atoms with van der Waals surface area (Å²) in [6.07, 6.45) is 13.2. The third-order valence-electron chi connectivity index (χ3n) is 6.79. The highest BCUT2D eigenvalue weighted by Crippen LogP contribution is 2.48. The van der Waals surface area contributed by atoms with Crippen molar-refractivity contribution >= 4 is 22.4 Å². The van der Waals surface area contributed by atoms with Gasteiger partial charge in [-0.05, 0) is 38.5 Å². The Bertz CT molecular complexity index is 909. The topological polar surface area (TPSA) is 73.6 Å². The van der Waals surface area contributed by atoms with Gasteiger partial charge in [0, 0.05) is 44.5 Å². The Morgan fingerprint density at radius 1 is 1.24 bits per heavy atom. The van der Waals surface area contributed by atoms with Crippen LogP contribution in [0.1, 0.15) is 63.9 Å². The van der Waals surface area contributed by atoms with E-state index in [1.54, 1.807) is 7.11 Å². The molecule has 29 heavy (non-hydrogen) atoms. The van der Waals surface area contributed by atoms with E-state index in [4.69, 9.17) is 14.6 Å². The molecule has 0 atom stereocenters. The summed E-state index contributed by atoms with van der Waals surface area (Å²) in [5.74, 6) is 0.581. The molecule has 0 bridgehead atoms. The van der Waals surface area contributed by atoms with Crippen LogP contribution in [0.3, 0.4) is 0 Å². The van der Waals surface area contributed by atoms with E-state index in [0.29, 0.717) is 12.0 Å². The van der Waals surface area contributed by atoms with E-state index in [1.165, 1.54) is 32.1 Å². The first-order valence-electron chi connectivity index (χ1n) is 11.1. The smallest absolute Gasteiger partial charge is 0.159 e. The quantitative estimate of drug-likeness (QED) is 0.794. The fraction of sp³-hybridized carbons (Fsp3) is 0.682. The summed E-state index contributed by atoms with van der Waals surface area (Å²) >= 11 is 0. The second-order valence-electron chi connectivity index (χ2n) is 8.94. The molecular weight excluding hydrogens is 366 g/mol. The molecule has 0 unspecified atom stereocenters.